The molecule has 0 spiro atoms. The molecule has 1 unspecified atom stereocenters. The molecular weight excluding hydrogens is 186 g/mol. The zero-order valence-electron chi connectivity index (χ0n) is 10.8. The lowest BCUT2D eigenvalue weighted by Gasteiger charge is -2.36. The first-order valence-electron chi connectivity index (χ1n) is 6.35. The third-order valence-corrected chi connectivity index (χ3v) is 4.11. The van der Waals surface area contributed by atoms with E-state index in [1.807, 2.05) is 0 Å². The number of hydrogen-bond donors (Lipinski definition) is 1. The highest BCUT2D eigenvalue weighted by Gasteiger charge is 2.29. The average Bonchev–Trinajstić information content (AvgIpc) is 2.27. The van der Waals surface area contributed by atoms with E-state index in [0.29, 0.717) is 11.5 Å². The summed E-state index contributed by atoms with van der Waals surface area (Å²) < 4.78 is 5.41. The highest BCUT2D eigenvalue weighted by Crippen LogP contribution is 2.31. The molecule has 1 heterocycles. The second-order valence-corrected chi connectivity index (χ2v) is 5.47. The van der Waals surface area contributed by atoms with E-state index in [1.165, 1.54) is 25.7 Å². The van der Waals surface area contributed by atoms with Crippen LogP contribution in [0.1, 0.15) is 46.5 Å². The molecule has 0 saturated carbocycles. The van der Waals surface area contributed by atoms with Crippen molar-refractivity contribution in [2.75, 3.05) is 20.3 Å². The van der Waals surface area contributed by atoms with Gasteiger partial charge in [0.2, 0.25) is 0 Å². The Labute approximate surface area is 94.8 Å². The molecule has 1 rings (SSSR count). The summed E-state index contributed by atoms with van der Waals surface area (Å²) >= 11 is 0. The van der Waals surface area contributed by atoms with Crippen LogP contribution >= 0.6 is 0 Å². The Balaban J connectivity index is 2.44. The molecule has 90 valence electrons. The van der Waals surface area contributed by atoms with E-state index in [0.717, 1.165) is 19.1 Å². The van der Waals surface area contributed by atoms with Crippen molar-refractivity contribution in [1.82, 2.24) is 5.32 Å². The lowest BCUT2D eigenvalue weighted by Crippen LogP contribution is -2.41. The molecule has 1 aliphatic heterocycles. The molecule has 1 saturated heterocycles. The predicted molar refractivity (Wildman–Crippen MR) is 65.1 cm³/mol. The van der Waals surface area contributed by atoms with Gasteiger partial charge in [-0.25, -0.2) is 0 Å². The maximum absolute atomic E-state index is 5.41. The van der Waals surface area contributed by atoms with Crippen LogP contribution in [0.2, 0.25) is 0 Å². The van der Waals surface area contributed by atoms with E-state index < -0.39 is 0 Å². The summed E-state index contributed by atoms with van der Waals surface area (Å²) in [5.41, 5.74) is 0.410. The fraction of sp³-hybridized carbons (Fsp3) is 1.00. The smallest absolute Gasteiger partial charge is 0.0468 e. The van der Waals surface area contributed by atoms with Crippen molar-refractivity contribution in [3.05, 3.63) is 0 Å². The van der Waals surface area contributed by atoms with Crippen LogP contribution in [-0.2, 0) is 4.74 Å². The van der Waals surface area contributed by atoms with Gasteiger partial charge in [0.25, 0.3) is 0 Å². The normalized spacial score (nSPS) is 21.6. The molecule has 1 aliphatic rings. The van der Waals surface area contributed by atoms with Gasteiger partial charge in [0.15, 0.2) is 0 Å². The zero-order chi connectivity index (χ0) is 11.3. The van der Waals surface area contributed by atoms with Crippen molar-refractivity contribution >= 4 is 0 Å². The molecular formula is C13H27NO. The van der Waals surface area contributed by atoms with E-state index in [9.17, 15) is 0 Å². The summed E-state index contributed by atoms with van der Waals surface area (Å²) in [7, 11) is 2.10. The minimum atomic E-state index is 0.410. The highest BCUT2D eigenvalue weighted by atomic mass is 16.5. The number of hydrogen-bond acceptors (Lipinski definition) is 2. The first kappa shape index (κ1) is 13.0. The van der Waals surface area contributed by atoms with Crippen LogP contribution in [0.5, 0.6) is 0 Å². The van der Waals surface area contributed by atoms with Crippen LogP contribution in [0.3, 0.4) is 0 Å². The second kappa shape index (κ2) is 5.86. The van der Waals surface area contributed by atoms with Crippen LogP contribution in [0, 0.1) is 11.3 Å². The summed E-state index contributed by atoms with van der Waals surface area (Å²) in [6.07, 6.45) is 5.04. The summed E-state index contributed by atoms with van der Waals surface area (Å²) in [6.45, 7) is 8.95. The lowest BCUT2D eigenvalue weighted by molar-refractivity contribution is 0.0537. The molecule has 0 aliphatic carbocycles. The van der Waals surface area contributed by atoms with Gasteiger partial charge in [-0.3, -0.25) is 0 Å². The molecule has 2 nitrogen and oxygen atoms in total. The Kier molecular flexibility index (Phi) is 5.07. The topological polar surface area (TPSA) is 21.3 Å². The summed E-state index contributed by atoms with van der Waals surface area (Å²) in [4.78, 5) is 0. The van der Waals surface area contributed by atoms with E-state index in [4.69, 9.17) is 4.74 Å². The van der Waals surface area contributed by atoms with E-state index in [-0.39, 0.29) is 0 Å². The van der Waals surface area contributed by atoms with Crippen LogP contribution < -0.4 is 5.32 Å². The maximum atomic E-state index is 5.41. The first-order valence-corrected chi connectivity index (χ1v) is 6.35. The van der Waals surface area contributed by atoms with E-state index in [2.05, 4.69) is 33.1 Å². The van der Waals surface area contributed by atoms with Crippen LogP contribution in [0.15, 0.2) is 0 Å². The number of ether oxygens (including phenoxy) is 1. The molecule has 0 bridgehead atoms. The van der Waals surface area contributed by atoms with Crippen molar-refractivity contribution in [2.24, 2.45) is 11.3 Å². The van der Waals surface area contributed by atoms with E-state index >= 15 is 0 Å². The molecule has 1 N–H and O–H groups in total. The Morgan fingerprint density at radius 1 is 1.33 bits per heavy atom. The maximum Gasteiger partial charge on any atom is 0.0468 e. The van der Waals surface area contributed by atoms with Gasteiger partial charge in [-0.15, -0.1) is 0 Å². The van der Waals surface area contributed by atoms with Gasteiger partial charge in [0.1, 0.15) is 0 Å². The molecule has 0 aromatic rings. The Hall–Kier alpha value is -0.0800. The minimum Gasteiger partial charge on any atom is -0.381 e. The predicted octanol–water partition coefficient (Wildman–Crippen LogP) is 2.83. The van der Waals surface area contributed by atoms with Crippen molar-refractivity contribution in [3.8, 4) is 0 Å². The van der Waals surface area contributed by atoms with Gasteiger partial charge < -0.3 is 10.1 Å². The third kappa shape index (κ3) is 3.76. The summed E-state index contributed by atoms with van der Waals surface area (Å²) in [6, 6.07) is 0.644. The van der Waals surface area contributed by atoms with Gasteiger partial charge in [0.05, 0.1) is 0 Å². The van der Waals surface area contributed by atoms with Gasteiger partial charge in [0, 0.05) is 19.3 Å². The van der Waals surface area contributed by atoms with Crippen molar-refractivity contribution in [1.29, 1.82) is 0 Å². The van der Waals surface area contributed by atoms with Crippen LogP contribution in [0.25, 0.3) is 0 Å². The summed E-state index contributed by atoms with van der Waals surface area (Å²) in [5, 5.41) is 3.50. The van der Waals surface area contributed by atoms with Crippen molar-refractivity contribution in [3.63, 3.8) is 0 Å². The second-order valence-electron chi connectivity index (χ2n) is 5.47. The minimum absolute atomic E-state index is 0.410. The molecule has 15 heavy (non-hydrogen) atoms. The van der Waals surface area contributed by atoms with Gasteiger partial charge in [-0.1, -0.05) is 20.8 Å². The molecule has 1 fully saturated rings. The Morgan fingerprint density at radius 3 is 2.40 bits per heavy atom. The van der Waals surface area contributed by atoms with Gasteiger partial charge >= 0.3 is 0 Å². The standard InChI is InChI=1S/C13H27NO/c1-5-13(2,3)12(14-4)10-11-6-8-15-9-7-11/h11-12,14H,5-10H2,1-4H3. The van der Waals surface area contributed by atoms with Crippen molar-refractivity contribution < 1.29 is 4.74 Å². The Morgan fingerprint density at radius 2 is 1.93 bits per heavy atom. The molecule has 2 heteroatoms. The fourth-order valence-electron chi connectivity index (χ4n) is 2.39. The average molecular weight is 213 g/mol. The first-order chi connectivity index (χ1) is 7.10. The quantitative estimate of drug-likeness (QED) is 0.758. The van der Waals surface area contributed by atoms with E-state index in [1.54, 1.807) is 0 Å². The SMILES string of the molecule is CCC(C)(C)C(CC1CCOCC1)NC. The summed E-state index contributed by atoms with van der Waals surface area (Å²) in [5.74, 6) is 0.863. The molecule has 0 amide bonds. The number of nitrogens with one attached hydrogen (secondary N) is 1. The van der Waals surface area contributed by atoms with Crippen LogP contribution in [-0.4, -0.2) is 26.3 Å². The van der Waals surface area contributed by atoms with Crippen LogP contribution in [0.4, 0.5) is 0 Å². The monoisotopic (exact) mass is 213 g/mol. The molecule has 0 aromatic carbocycles. The third-order valence-electron chi connectivity index (χ3n) is 4.11. The zero-order valence-corrected chi connectivity index (χ0v) is 10.8. The van der Waals surface area contributed by atoms with Crippen molar-refractivity contribution in [2.45, 2.75) is 52.5 Å². The van der Waals surface area contributed by atoms with Gasteiger partial charge in [-0.2, -0.15) is 0 Å². The largest absolute Gasteiger partial charge is 0.381 e. The highest BCUT2D eigenvalue weighted by molar-refractivity contribution is 4.84. The fourth-order valence-corrected chi connectivity index (χ4v) is 2.39. The number of rotatable bonds is 5. The molecule has 0 radical (unpaired) electrons. The molecule has 0 aromatic heterocycles. The molecule has 1 atom stereocenters. The lowest BCUT2D eigenvalue weighted by atomic mass is 9.76. The van der Waals surface area contributed by atoms with Gasteiger partial charge in [-0.05, 0) is 44.1 Å². The Bertz CT molecular complexity index is 173.